The van der Waals surface area contributed by atoms with Crippen LogP contribution in [0, 0.1) is 5.92 Å². The predicted octanol–water partition coefficient (Wildman–Crippen LogP) is 2.12. The van der Waals surface area contributed by atoms with Crippen LogP contribution < -0.4 is 20.7 Å². The number of ketones is 1. The summed E-state index contributed by atoms with van der Waals surface area (Å²) in [5, 5.41) is 18.2. The van der Waals surface area contributed by atoms with Gasteiger partial charge in [0, 0.05) is 12.3 Å². The lowest BCUT2D eigenvalue weighted by Gasteiger charge is -2.27. The molecule has 10 heteroatoms. The number of ether oxygens (including phenoxy) is 2. The normalized spacial score (nSPS) is 24.2. The molecule has 3 amide bonds. The number of benzene rings is 1. The summed E-state index contributed by atoms with van der Waals surface area (Å²) in [7, 11) is 1.57. The summed E-state index contributed by atoms with van der Waals surface area (Å²) in [5.74, 6) is -0.932. The number of carbonyl (C=O) groups excluding carboxylic acids is 4. The van der Waals surface area contributed by atoms with Crippen molar-refractivity contribution in [2.75, 3.05) is 13.7 Å². The fourth-order valence-corrected chi connectivity index (χ4v) is 5.52. The van der Waals surface area contributed by atoms with Gasteiger partial charge < -0.3 is 30.5 Å². The summed E-state index contributed by atoms with van der Waals surface area (Å²) in [6, 6.07) is 4.61. The largest absolute Gasteiger partial charge is 0.497 e. The Morgan fingerprint density at radius 1 is 0.951 bits per heavy atom. The van der Waals surface area contributed by atoms with Gasteiger partial charge in [-0.15, -0.1) is 0 Å². The summed E-state index contributed by atoms with van der Waals surface area (Å²) in [4.78, 5) is 52.7. The zero-order chi connectivity index (χ0) is 29.4. The zero-order valence-corrected chi connectivity index (χ0v) is 24.0. The molecule has 1 aromatic carbocycles. The van der Waals surface area contributed by atoms with Crippen LogP contribution in [-0.2, 0) is 30.3 Å². The van der Waals surface area contributed by atoms with E-state index in [1.807, 2.05) is 12.1 Å². The van der Waals surface area contributed by atoms with E-state index >= 15 is 0 Å². The fraction of sp³-hybridized carbons (Fsp3) is 0.613. The molecule has 0 radical (unpaired) electrons. The lowest BCUT2D eigenvalue weighted by molar-refractivity contribution is -0.134. The van der Waals surface area contributed by atoms with Crippen molar-refractivity contribution in [1.82, 2.24) is 16.0 Å². The van der Waals surface area contributed by atoms with Crippen molar-refractivity contribution in [2.45, 2.75) is 101 Å². The van der Waals surface area contributed by atoms with Crippen molar-refractivity contribution in [3.05, 3.63) is 41.5 Å². The number of epoxide rings is 1. The molecule has 4 N–H and O–H groups in total. The summed E-state index contributed by atoms with van der Waals surface area (Å²) in [6.45, 7) is 1.94. The Kier molecular flexibility index (Phi) is 10.9. The number of amides is 3. The molecule has 41 heavy (non-hydrogen) atoms. The van der Waals surface area contributed by atoms with Crippen LogP contribution in [0.5, 0.6) is 5.75 Å². The molecular formula is C31H43N3O7. The first kappa shape index (κ1) is 30.7. The molecular weight excluding hydrogens is 526 g/mol. The van der Waals surface area contributed by atoms with E-state index in [9.17, 15) is 24.3 Å². The third kappa shape index (κ3) is 9.13. The monoisotopic (exact) mass is 569 g/mol. The topological polar surface area (TPSA) is 146 Å². The van der Waals surface area contributed by atoms with Crippen LogP contribution in [-0.4, -0.2) is 72.7 Å². The minimum Gasteiger partial charge on any atom is -0.497 e. The Bertz CT molecular complexity index is 1110. The predicted molar refractivity (Wildman–Crippen MR) is 152 cm³/mol. The first-order valence-corrected chi connectivity index (χ1v) is 14.8. The van der Waals surface area contributed by atoms with E-state index in [4.69, 9.17) is 9.47 Å². The third-order valence-electron chi connectivity index (χ3n) is 8.21. The lowest BCUT2D eigenvalue weighted by Crippen LogP contribution is -2.56. The van der Waals surface area contributed by atoms with Gasteiger partial charge in [0.15, 0.2) is 5.78 Å². The summed E-state index contributed by atoms with van der Waals surface area (Å²) in [5.41, 5.74) is 1.95. The molecule has 2 aliphatic carbocycles. The Morgan fingerprint density at radius 3 is 2.24 bits per heavy atom. The summed E-state index contributed by atoms with van der Waals surface area (Å²) < 4.78 is 10.5. The maximum Gasteiger partial charge on any atom is 0.243 e. The highest BCUT2D eigenvalue weighted by Crippen LogP contribution is 2.25. The maximum atomic E-state index is 13.7. The number of hydrogen-bond acceptors (Lipinski definition) is 7. The molecule has 4 rings (SSSR count). The minimum absolute atomic E-state index is 0.155. The van der Waals surface area contributed by atoms with Gasteiger partial charge in [-0.1, -0.05) is 23.8 Å². The highest BCUT2D eigenvalue weighted by atomic mass is 16.6. The van der Waals surface area contributed by atoms with E-state index < -0.39 is 36.0 Å². The van der Waals surface area contributed by atoms with Gasteiger partial charge in [-0.3, -0.25) is 19.2 Å². The number of allylic oxidation sites excluding steroid dienone is 1. The van der Waals surface area contributed by atoms with Crippen LogP contribution in [0.4, 0.5) is 0 Å². The van der Waals surface area contributed by atoms with Gasteiger partial charge in [-0.25, -0.2) is 0 Å². The molecule has 4 atom stereocenters. The SMILES string of the molecule is COc1ccc(C[C@H](NC(=O)[C@@H](C)NC(=O)C2CCC(O)CC2)C(=O)NC(CC2=CCCCC2)C(=O)[C@H]2CO2)cc1. The lowest BCUT2D eigenvalue weighted by atomic mass is 9.87. The average molecular weight is 570 g/mol. The van der Waals surface area contributed by atoms with Crippen molar-refractivity contribution in [3.8, 4) is 5.75 Å². The molecule has 1 saturated carbocycles. The Balaban J connectivity index is 1.44. The molecule has 1 heterocycles. The van der Waals surface area contributed by atoms with Crippen LogP contribution in [0.2, 0.25) is 0 Å². The van der Waals surface area contributed by atoms with Gasteiger partial charge in [0.25, 0.3) is 0 Å². The number of aliphatic hydroxyl groups is 1. The molecule has 1 aliphatic heterocycles. The standard InChI is InChI=1S/C31H43N3O7/c1-19(32-30(38)22-10-12-23(35)13-11-22)29(37)34-26(17-21-8-14-24(40-2)15-9-21)31(39)33-25(28(36)27-18-41-27)16-20-6-4-3-5-7-20/h6,8-9,14-15,19,22-23,25-27,35H,3-5,7,10-13,16-18H2,1-2H3,(H,32,38)(H,33,39)(H,34,37)/t19-,22?,23?,25?,26+,27-/m1/s1. The van der Waals surface area contributed by atoms with Crippen LogP contribution in [0.1, 0.15) is 70.3 Å². The summed E-state index contributed by atoms with van der Waals surface area (Å²) in [6.07, 6.45) is 8.18. The van der Waals surface area contributed by atoms with Gasteiger partial charge in [-0.05, 0) is 82.4 Å². The van der Waals surface area contributed by atoms with E-state index in [1.54, 1.807) is 26.2 Å². The Hall–Kier alpha value is -3.24. The van der Waals surface area contributed by atoms with Crippen LogP contribution in [0.3, 0.4) is 0 Å². The van der Waals surface area contributed by atoms with Gasteiger partial charge >= 0.3 is 0 Å². The quantitative estimate of drug-likeness (QED) is 0.210. The van der Waals surface area contributed by atoms with E-state index in [-0.39, 0.29) is 30.1 Å². The number of hydrogen-bond donors (Lipinski definition) is 4. The highest BCUT2D eigenvalue weighted by molar-refractivity contribution is 5.96. The van der Waals surface area contributed by atoms with Gasteiger partial charge in [0.1, 0.15) is 23.9 Å². The first-order valence-electron chi connectivity index (χ1n) is 14.8. The van der Waals surface area contributed by atoms with Crippen LogP contribution in [0.25, 0.3) is 0 Å². The van der Waals surface area contributed by atoms with Crippen molar-refractivity contribution in [1.29, 1.82) is 0 Å². The van der Waals surface area contributed by atoms with Crippen molar-refractivity contribution >= 4 is 23.5 Å². The number of aliphatic hydroxyl groups excluding tert-OH is 1. The van der Waals surface area contributed by atoms with E-state index in [0.29, 0.717) is 44.5 Å². The van der Waals surface area contributed by atoms with E-state index in [2.05, 4.69) is 22.0 Å². The van der Waals surface area contributed by atoms with Crippen molar-refractivity contribution in [2.24, 2.45) is 5.92 Å². The molecule has 0 spiro atoms. The smallest absolute Gasteiger partial charge is 0.243 e. The number of nitrogens with one attached hydrogen (secondary N) is 3. The molecule has 2 fully saturated rings. The molecule has 1 saturated heterocycles. The zero-order valence-electron chi connectivity index (χ0n) is 24.0. The minimum atomic E-state index is -0.976. The van der Waals surface area contributed by atoms with Crippen LogP contribution >= 0.6 is 0 Å². The van der Waals surface area contributed by atoms with Crippen LogP contribution in [0.15, 0.2) is 35.9 Å². The van der Waals surface area contributed by atoms with Crippen molar-refractivity contribution in [3.63, 3.8) is 0 Å². The average Bonchev–Trinajstić information content (AvgIpc) is 3.83. The van der Waals surface area contributed by atoms with Gasteiger partial charge in [0.05, 0.1) is 25.9 Å². The second-order valence-corrected chi connectivity index (χ2v) is 11.4. The molecule has 0 aromatic heterocycles. The second-order valence-electron chi connectivity index (χ2n) is 11.4. The molecule has 10 nitrogen and oxygen atoms in total. The fourth-order valence-electron chi connectivity index (χ4n) is 5.52. The van der Waals surface area contributed by atoms with Gasteiger partial charge in [-0.2, -0.15) is 0 Å². The second kappa shape index (κ2) is 14.6. The molecule has 0 bridgehead atoms. The van der Waals surface area contributed by atoms with Crippen molar-refractivity contribution < 1.29 is 33.8 Å². The van der Waals surface area contributed by atoms with E-state index in [1.165, 1.54) is 0 Å². The summed E-state index contributed by atoms with van der Waals surface area (Å²) >= 11 is 0. The molecule has 224 valence electrons. The molecule has 1 aromatic rings. The maximum absolute atomic E-state index is 13.7. The Labute approximate surface area is 241 Å². The Morgan fingerprint density at radius 2 is 1.63 bits per heavy atom. The molecule has 1 unspecified atom stereocenters. The number of carbonyl (C=O) groups is 4. The highest BCUT2D eigenvalue weighted by Gasteiger charge is 2.38. The van der Waals surface area contributed by atoms with Gasteiger partial charge in [0.2, 0.25) is 17.7 Å². The van der Waals surface area contributed by atoms with E-state index in [0.717, 1.165) is 36.8 Å². The molecule has 3 aliphatic rings. The first-order chi connectivity index (χ1) is 19.7. The third-order valence-corrected chi connectivity index (χ3v) is 8.21. The number of Topliss-reactive ketones (excluding diaryl/α,β-unsaturated/α-hetero) is 1. The number of methoxy groups -OCH3 is 1. The number of rotatable bonds is 13.